The quantitative estimate of drug-likeness (QED) is 0.903. The lowest BCUT2D eigenvalue weighted by atomic mass is 9.99. The van der Waals surface area contributed by atoms with Crippen LogP contribution in [0, 0.1) is 5.82 Å². The lowest BCUT2D eigenvalue weighted by Crippen LogP contribution is -2.26. The maximum atomic E-state index is 13.6. The Morgan fingerprint density at radius 2 is 2.22 bits per heavy atom. The smallest absolute Gasteiger partial charge is 0.126 e. The van der Waals surface area contributed by atoms with Gasteiger partial charge in [0, 0.05) is 17.3 Å². The average molecular weight is 262 g/mol. The Balaban J connectivity index is 1.84. The number of halogens is 1. The summed E-state index contributed by atoms with van der Waals surface area (Å²) in [6, 6.07) is 7.16. The van der Waals surface area contributed by atoms with E-state index < -0.39 is 0 Å². The van der Waals surface area contributed by atoms with Crippen LogP contribution in [0.1, 0.15) is 27.6 Å². The molecular formula is C14H15FN2S. The van der Waals surface area contributed by atoms with E-state index in [2.05, 4.69) is 4.98 Å². The topological polar surface area (TPSA) is 38.9 Å². The van der Waals surface area contributed by atoms with Crippen LogP contribution in [-0.2, 0) is 19.3 Å². The van der Waals surface area contributed by atoms with E-state index in [-0.39, 0.29) is 11.9 Å². The molecular weight excluding hydrogens is 247 g/mol. The molecule has 0 saturated heterocycles. The van der Waals surface area contributed by atoms with Gasteiger partial charge >= 0.3 is 0 Å². The minimum absolute atomic E-state index is 0.151. The maximum Gasteiger partial charge on any atom is 0.126 e. The van der Waals surface area contributed by atoms with Crippen molar-refractivity contribution in [2.75, 3.05) is 0 Å². The van der Waals surface area contributed by atoms with Crippen LogP contribution in [-0.4, -0.2) is 11.0 Å². The van der Waals surface area contributed by atoms with Gasteiger partial charge in [0.25, 0.3) is 0 Å². The molecule has 1 atom stereocenters. The Bertz CT molecular complexity index is 565. The second kappa shape index (κ2) is 4.78. The van der Waals surface area contributed by atoms with Crippen molar-refractivity contribution in [2.24, 2.45) is 5.73 Å². The predicted octanol–water partition coefficient (Wildman–Crippen LogP) is 2.69. The average Bonchev–Trinajstić information content (AvgIpc) is 2.73. The van der Waals surface area contributed by atoms with Crippen molar-refractivity contribution in [3.05, 3.63) is 51.2 Å². The molecule has 0 bridgehead atoms. The first kappa shape index (κ1) is 11.8. The highest BCUT2D eigenvalue weighted by atomic mass is 32.1. The third-order valence-corrected chi connectivity index (χ3v) is 4.44. The molecule has 1 heterocycles. The van der Waals surface area contributed by atoms with Crippen LogP contribution in [0.25, 0.3) is 0 Å². The summed E-state index contributed by atoms with van der Waals surface area (Å²) in [6.45, 7) is 0. The van der Waals surface area contributed by atoms with Gasteiger partial charge in [-0.15, -0.1) is 11.3 Å². The van der Waals surface area contributed by atoms with Crippen LogP contribution >= 0.6 is 11.3 Å². The number of rotatable bonds is 2. The zero-order valence-electron chi connectivity index (χ0n) is 10.0. The highest BCUT2D eigenvalue weighted by Gasteiger charge is 2.20. The van der Waals surface area contributed by atoms with E-state index in [4.69, 9.17) is 5.73 Å². The summed E-state index contributed by atoms with van der Waals surface area (Å²) in [5.74, 6) is -0.151. The number of nitrogens with two attached hydrogens (primary N) is 1. The Kier molecular flexibility index (Phi) is 3.14. The zero-order valence-corrected chi connectivity index (χ0v) is 10.8. The maximum absolute atomic E-state index is 13.6. The van der Waals surface area contributed by atoms with Crippen molar-refractivity contribution < 1.29 is 4.39 Å². The summed E-state index contributed by atoms with van der Waals surface area (Å²) in [5.41, 5.74) is 7.84. The highest BCUT2D eigenvalue weighted by molar-refractivity contribution is 7.11. The zero-order chi connectivity index (χ0) is 12.5. The predicted molar refractivity (Wildman–Crippen MR) is 71.3 cm³/mol. The van der Waals surface area contributed by atoms with Gasteiger partial charge in [0.05, 0.1) is 10.7 Å². The molecule has 0 fully saturated rings. The number of aryl methyl sites for hydroxylation is 1. The van der Waals surface area contributed by atoms with Crippen molar-refractivity contribution in [2.45, 2.75) is 31.7 Å². The van der Waals surface area contributed by atoms with Crippen LogP contribution in [0.15, 0.2) is 24.3 Å². The number of fused-ring (bicyclic) bond motifs is 1. The van der Waals surface area contributed by atoms with E-state index in [1.165, 1.54) is 16.6 Å². The van der Waals surface area contributed by atoms with Gasteiger partial charge in [-0.2, -0.15) is 0 Å². The summed E-state index contributed by atoms with van der Waals surface area (Å²) in [7, 11) is 0. The first-order valence-electron chi connectivity index (χ1n) is 6.19. The van der Waals surface area contributed by atoms with Crippen molar-refractivity contribution in [3.63, 3.8) is 0 Å². The van der Waals surface area contributed by atoms with E-state index in [0.29, 0.717) is 12.0 Å². The summed E-state index contributed by atoms with van der Waals surface area (Å²) in [4.78, 5) is 5.91. The molecule has 1 aliphatic carbocycles. The van der Waals surface area contributed by atoms with Crippen molar-refractivity contribution in [3.8, 4) is 0 Å². The monoisotopic (exact) mass is 262 g/mol. The first-order valence-corrected chi connectivity index (χ1v) is 7.00. The molecule has 0 radical (unpaired) electrons. The van der Waals surface area contributed by atoms with Crippen molar-refractivity contribution in [1.29, 1.82) is 0 Å². The lowest BCUT2D eigenvalue weighted by Gasteiger charge is -2.15. The molecule has 18 heavy (non-hydrogen) atoms. The van der Waals surface area contributed by atoms with Gasteiger partial charge in [-0.1, -0.05) is 18.2 Å². The number of aromatic nitrogens is 1. The Hall–Kier alpha value is -1.26. The van der Waals surface area contributed by atoms with Crippen LogP contribution in [0.2, 0.25) is 0 Å². The molecule has 1 aromatic carbocycles. The molecule has 94 valence electrons. The second-order valence-electron chi connectivity index (χ2n) is 4.75. The van der Waals surface area contributed by atoms with Gasteiger partial charge in [0.2, 0.25) is 0 Å². The summed E-state index contributed by atoms with van der Waals surface area (Å²) < 4.78 is 13.6. The fraction of sp³-hybridized carbons (Fsp3) is 0.357. The van der Waals surface area contributed by atoms with Gasteiger partial charge in [0.1, 0.15) is 5.82 Å². The van der Waals surface area contributed by atoms with Crippen LogP contribution < -0.4 is 5.73 Å². The molecule has 0 spiro atoms. The second-order valence-corrected chi connectivity index (χ2v) is 5.92. The molecule has 0 saturated carbocycles. The van der Waals surface area contributed by atoms with E-state index in [0.717, 1.165) is 24.3 Å². The Labute approximate surface area is 110 Å². The fourth-order valence-electron chi connectivity index (χ4n) is 2.33. The third kappa shape index (κ3) is 2.31. The number of hydrogen-bond acceptors (Lipinski definition) is 3. The molecule has 3 rings (SSSR count). The SMILES string of the molecule is NC1CCc2nc(Cc3ccccc3F)sc2C1. The standard InChI is InChI=1S/C14H15FN2S/c15-11-4-2-1-3-9(11)7-14-17-12-6-5-10(16)8-13(12)18-14/h1-4,10H,5-8,16H2. The molecule has 2 nitrogen and oxygen atoms in total. The molecule has 4 heteroatoms. The normalized spacial score (nSPS) is 18.7. The van der Waals surface area contributed by atoms with Gasteiger partial charge in [-0.05, 0) is 30.9 Å². The molecule has 2 aromatic rings. The summed E-state index contributed by atoms with van der Waals surface area (Å²) >= 11 is 1.68. The van der Waals surface area contributed by atoms with E-state index in [1.807, 2.05) is 12.1 Å². The molecule has 1 unspecified atom stereocenters. The van der Waals surface area contributed by atoms with E-state index in [1.54, 1.807) is 17.4 Å². The molecule has 1 aromatic heterocycles. The summed E-state index contributed by atoms with van der Waals surface area (Å²) in [5, 5.41) is 0.999. The first-order chi connectivity index (χ1) is 8.72. The largest absolute Gasteiger partial charge is 0.327 e. The molecule has 0 amide bonds. The van der Waals surface area contributed by atoms with Gasteiger partial charge in [0.15, 0.2) is 0 Å². The number of thiazole rings is 1. The van der Waals surface area contributed by atoms with E-state index in [9.17, 15) is 4.39 Å². The molecule has 0 aliphatic heterocycles. The number of nitrogens with zero attached hydrogens (tertiary/aromatic N) is 1. The van der Waals surface area contributed by atoms with Crippen molar-refractivity contribution in [1.82, 2.24) is 4.98 Å². The Morgan fingerprint density at radius 3 is 3.06 bits per heavy atom. The lowest BCUT2D eigenvalue weighted by molar-refractivity contribution is 0.575. The van der Waals surface area contributed by atoms with Crippen molar-refractivity contribution >= 4 is 11.3 Å². The number of hydrogen-bond donors (Lipinski definition) is 1. The van der Waals surface area contributed by atoms with Gasteiger partial charge in [-0.25, -0.2) is 9.37 Å². The van der Waals surface area contributed by atoms with Gasteiger partial charge in [-0.3, -0.25) is 0 Å². The van der Waals surface area contributed by atoms with E-state index >= 15 is 0 Å². The minimum Gasteiger partial charge on any atom is -0.327 e. The third-order valence-electron chi connectivity index (χ3n) is 3.32. The van der Waals surface area contributed by atoms with Crippen LogP contribution in [0.3, 0.4) is 0 Å². The summed E-state index contributed by atoms with van der Waals surface area (Å²) in [6.07, 6.45) is 3.48. The van der Waals surface area contributed by atoms with Gasteiger partial charge < -0.3 is 5.73 Å². The molecule has 1 aliphatic rings. The fourth-order valence-corrected chi connectivity index (χ4v) is 3.57. The van der Waals surface area contributed by atoms with Crippen LogP contribution in [0.4, 0.5) is 4.39 Å². The van der Waals surface area contributed by atoms with Crippen LogP contribution in [0.5, 0.6) is 0 Å². The minimum atomic E-state index is -0.151. The highest BCUT2D eigenvalue weighted by Crippen LogP contribution is 2.28. The molecule has 2 N–H and O–H groups in total. The Morgan fingerprint density at radius 1 is 1.39 bits per heavy atom. The number of benzene rings is 1.